The summed E-state index contributed by atoms with van der Waals surface area (Å²) >= 11 is 11.7. The molecule has 4 aromatic heterocycles. The predicted octanol–water partition coefficient (Wildman–Crippen LogP) is 2.13. The van der Waals surface area contributed by atoms with Gasteiger partial charge in [0.2, 0.25) is 11.5 Å². The number of carbonyl (C=O) groups is 1. The first kappa shape index (κ1) is 17.5. The van der Waals surface area contributed by atoms with Crippen LogP contribution in [-0.2, 0) is 13.1 Å². The smallest absolute Gasteiger partial charge is 0.286 e. The van der Waals surface area contributed by atoms with Crippen LogP contribution in [0, 0.1) is 0 Å². The van der Waals surface area contributed by atoms with Gasteiger partial charge >= 0.3 is 0 Å². The molecular weight excluding hydrogens is 389 g/mol. The highest BCUT2D eigenvalue weighted by molar-refractivity contribution is 6.30. The maximum Gasteiger partial charge on any atom is 0.286 e. The maximum absolute atomic E-state index is 12.9. The van der Waals surface area contributed by atoms with Crippen LogP contribution in [0.25, 0.3) is 5.65 Å². The Morgan fingerprint density at radius 1 is 1.19 bits per heavy atom. The summed E-state index contributed by atoms with van der Waals surface area (Å²) in [6.07, 6.45) is 6.23. The Kier molecular flexibility index (Phi) is 4.55. The first-order chi connectivity index (χ1) is 13.0. The monoisotopic (exact) mass is 401 g/mol. The summed E-state index contributed by atoms with van der Waals surface area (Å²) in [5, 5.41) is 17.7. The van der Waals surface area contributed by atoms with Crippen LogP contribution in [0.3, 0.4) is 0 Å². The number of carbonyl (C=O) groups excluding carboxylic acids is 1. The number of hydrogen-bond acceptors (Lipinski definition) is 4. The summed E-state index contributed by atoms with van der Waals surface area (Å²) < 4.78 is 4.54. The summed E-state index contributed by atoms with van der Waals surface area (Å²) in [7, 11) is 0. The zero-order chi connectivity index (χ0) is 19.0. The van der Waals surface area contributed by atoms with Crippen LogP contribution in [0.2, 0.25) is 10.2 Å². The van der Waals surface area contributed by atoms with Gasteiger partial charge in [0.25, 0.3) is 5.65 Å². The molecule has 0 unspecified atom stereocenters. The van der Waals surface area contributed by atoms with Crippen LogP contribution in [0.15, 0.2) is 55.1 Å². The van der Waals surface area contributed by atoms with Gasteiger partial charge in [0, 0.05) is 24.0 Å². The van der Waals surface area contributed by atoms with Crippen molar-refractivity contribution in [2.75, 3.05) is 0 Å². The topological polar surface area (TPSA) is 79.9 Å². The lowest BCUT2D eigenvalue weighted by atomic mass is 10.2. The van der Waals surface area contributed by atoms with Gasteiger partial charge in [0.1, 0.15) is 24.1 Å². The van der Waals surface area contributed by atoms with Gasteiger partial charge in [-0.2, -0.15) is 5.10 Å². The van der Waals surface area contributed by atoms with E-state index in [0.29, 0.717) is 22.4 Å². The second-order valence-corrected chi connectivity index (χ2v) is 6.76. The molecule has 0 aliphatic rings. The van der Waals surface area contributed by atoms with Gasteiger partial charge in [0.05, 0.1) is 17.4 Å². The highest BCUT2D eigenvalue weighted by atomic mass is 35.5. The largest absolute Gasteiger partial charge is 0.839 e. The Morgan fingerprint density at radius 2 is 2.04 bits per heavy atom. The fraction of sp³-hybridized carbons (Fsp3) is 0.111. The maximum atomic E-state index is 12.9. The summed E-state index contributed by atoms with van der Waals surface area (Å²) in [5.74, 6) is -0.735. The van der Waals surface area contributed by atoms with Gasteiger partial charge < -0.3 is 5.11 Å². The lowest BCUT2D eigenvalue weighted by Gasteiger charge is -2.06. The van der Waals surface area contributed by atoms with E-state index in [2.05, 4.69) is 10.1 Å². The van der Waals surface area contributed by atoms with Crippen molar-refractivity contribution in [3.05, 3.63) is 76.6 Å². The zero-order valence-electron chi connectivity index (χ0n) is 13.9. The third-order valence-electron chi connectivity index (χ3n) is 4.11. The highest BCUT2D eigenvalue weighted by Gasteiger charge is 2.26. The number of ketones is 1. The van der Waals surface area contributed by atoms with Gasteiger partial charge in [-0.05, 0) is 12.1 Å². The normalized spacial score (nSPS) is 11.2. The quantitative estimate of drug-likeness (QED) is 0.291. The highest BCUT2D eigenvalue weighted by Crippen LogP contribution is 2.19. The van der Waals surface area contributed by atoms with E-state index in [4.69, 9.17) is 23.2 Å². The number of Topliss-reactive ketones (excluding diaryl/α,β-unsaturated/α-hetero) is 1. The SMILES string of the molecule is O=C(Cn1cc(Cl)cn1)c1c([O-])[n+]2ccccc2n1Cc1ccc(Cl)nc1. The average molecular weight is 402 g/mol. The minimum Gasteiger partial charge on any atom is -0.839 e. The molecule has 4 aromatic rings. The molecule has 0 aliphatic heterocycles. The average Bonchev–Trinajstić information content (AvgIpc) is 3.18. The van der Waals surface area contributed by atoms with Crippen molar-refractivity contribution in [1.82, 2.24) is 19.3 Å². The lowest BCUT2D eigenvalue weighted by Crippen LogP contribution is -2.24. The molecule has 0 saturated heterocycles. The molecule has 136 valence electrons. The lowest BCUT2D eigenvalue weighted by molar-refractivity contribution is -0.582. The van der Waals surface area contributed by atoms with Gasteiger partial charge in [-0.3, -0.25) is 9.48 Å². The van der Waals surface area contributed by atoms with Gasteiger partial charge in [-0.25, -0.2) is 14.0 Å². The number of aromatic nitrogens is 5. The third-order valence-corrected chi connectivity index (χ3v) is 4.53. The molecule has 27 heavy (non-hydrogen) atoms. The van der Waals surface area contributed by atoms with Crippen molar-refractivity contribution in [1.29, 1.82) is 0 Å². The van der Waals surface area contributed by atoms with E-state index in [9.17, 15) is 9.90 Å². The standard InChI is InChI=1S/C18H13Cl2N5O2/c19-13-8-22-23(10-13)11-14(26)17-18(27)24-6-2-1-3-16(24)25(17)9-12-4-5-15(20)21-7-12/h1-8,10H,9,11H2. The fourth-order valence-electron chi connectivity index (χ4n) is 2.93. The van der Waals surface area contributed by atoms with E-state index in [-0.39, 0.29) is 23.9 Å². The van der Waals surface area contributed by atoms with E-state index in [1.807, 2.05) is 6.07 Å². The van der Waals surface area contributed by atoms with Crippen molar-refractivity contribution in [2.45, 2.75) is 13.1 Å². The van der Waals surface area contributed by atoms with Crippen LogP contribution >= 0.6 is 23.2 Å². The van der Waals surface area contributed by atoms with E-state index in [1.54, 1.807) is 41.2 Å². The molecule has 0 atom stereocenters. The van der Waals surface area contributed by atoms with Crippen molar-refractivity contribution >= 4 is 34.6 Å². The molecule has 0 saturated carbocycles. The number of pyridine rings is 2. The minimum atomic E-state index is -0.379. The number of halogens is 2. The molecule has 0 aromatic carbocycles. The van der Waals surface area contributed by atoms with Crippen LogP contribution in [0.1, 0.15) is 16.1 Å². The van der Waals surface area contributed by atoms with Crippen LogP contribution in [0.5, 0.6) is 5.88 Å². The molecule has 0 aliphatic carbocycles. The molecule has 0 N–H and O–H groups in total. The van der Waals surface area contributed by atoms with Crippen molar-refractivity contribution in [2.24, 2.45) is 0 Å². The Balaban J connectivity index is 1.79. The second kappa shape index (κ2) is 7.02. The van der Waals surface area contributed by atoms with Crippen LogP contribution in [0.4, 0.5) is 0 Å². The predicted molar refractivity (Wildman–Crippen MR) is 97.0 cm³/mol. The van der Waals surface area contributed by atoms with Crippen LogP contribution in [-0.4, -0.2) is 25.1 Å². The van der Waals surface area contributed by atoms with Crippen LogP contribution < -0.4 is 9.51 Å². The van der Waals surface area contributed by atoms with Gasteiger partial charge in [-0.15, -0.1) is 0 Å². The zero-order valence-corrected chi connectivity index (χ0v) is 15.4. The van der Waals surface area contributed by atoms with E-state index in [0.717, 1.165) is 5.56 Å². The van der Waals surface area contributed by atoms with Gasteiger partial charge in [0.15, 0.2) is 0 Å². The van der Waals surface area contributed by atoms with E-state index >= 15 is 0 Å². The summed E-state index contributed by atoms with van der Waals surface area (Å²) in [5.41, 5.74) is 1.50. The Morgan fingerprint density at radius 3 is 2.74 bits per heavy atom. The molecule has 9 heteroatoms. The number of rotatable bonds is 5. The molecule has 0 spiro atoms. The molecule has 4 heterocycles. The number of hydrogen-bond donors (Lipinski definition) is 0. The Bertz CT molecular complexity index is 1130. The molecule has 0 fully saturated rings. The second-order valence-electron chi connectivity index (χ2n) is 5.94. The third kappa shape index (κ3) is 3.39. The Labute approximate surface area is 164 Å². The van der Waals surface area contributed by atoms with E-state index < -0.39 is 0 Å². The summed E-state index contributed by atoms with van der Waals surface area (Å²) in [4.78, 5) is 17.0. The van der Waals surface area contributed by atoms with Crippen molar-refractivity contribution in [3.8, 4) is 5.88 Å². The number of imidazole rings is 1. The molecule has 0 radical (unpaired) electrons. The fourth-order valence-corrected chi connectivity index (χ4v) is 3.20. The van der Waals surface area contributed by atoms with Gasteiger partial charge in [-0.1, -0.05) is 35.3 Å². The molecule has 4 rings (SSSR count). The first-order valence-electron chi connectivity index (χ1n) is 8.04. The summed E-state index contributed by atoms with van der Waals surface area (Å²) in [6, 6.07) is 8.81. The van der Waals surface area contributed by atoms with Crippen molar-refractivity contribution < 1.29 is 14.3 Å². The molecule has 0 amide bonds. The first-order valence-corrected chi connectivity index (χ1v) is 8.80. The molecular formula is C18H13Cl2N5O2. The number of nitrogens with zero attached hydrogens (tertiary/aromatic N) is 5. The Hall–Kier alpha value is -2.90. The molecule has 0 bridgehead atoms. The number of fused-ring (bicyclic) bond motifs is 1. The minimum absolute atomic E-state index is 0.0720. The van der Waals surface area contributed by atoms with E-state index in [1.165, 1.54) is 21.5 Å². The molecule has 7 nitrogen and oxygen atoms in total. The summed E-state index contributed by atoms with van der Waals surface area (Å²) in [6.45, 7) is 0.221. The van der Waals surface area contributed by atoms with Crippen molar-refractivity contribution in [3.63, 3.8) is 0 Å².